The van der Waals surface area contributed by atoms with Crippen LogP contribution in [0.4, 0.5) is 5.00 Å². The minimum atomic E-state index is -0.178. The largest absolute Gasteiger partial charge is 0.485 e. The van der Waals surface area contributed by atoms with E-state index in [-0.39, 0.29) is 18.3 Å². The number of hydrogen-bond acceptors (Lipinski definition) is 7. The number of amides is 1. The van der Waals surface area contributed by atoms with Crippen LogP contribution in [-0.2, 0) is 30.8 Å². The van der Waals surface area contributed by atoms with Gasteiger partial charge in [-0.3, -0.25) is 9.36 Å². The molecule has 0 radical (unpaired) electrons. The molecule has 2 aromatic heterocycles. The van der Waals surface area contributed by atoms with Gasteiger partial charge in [0.1, 0.15) is 23.4 Å². The number of anilines is 1. The first-order valence-electron chi connectivity index (χ1n) is 10.9. The summed E-state index contributed by atoms with van der Waals surface area (Å²) < 4.78 is 7.79. The van der Waals surface area contributed by atoms with Crippen molar-refractivity contribution in [1.29, 1.82) is 5.26 Å². The average Bonchev–Trinajstić information content (AvgIpc) is 3.37. The van der Waals surface area contributed by atoms with Crippen LogP contribution in [0, 0.1) is 18.3 Å². The lowest BCUT2D eigenvalue weighted by molar-refractivity contribution is -0.113. The quantitative estimate of drug-likeness (QED) is 0.298. The Labute approximate surface area is 211 Å². The minimum Gasteiger partial charge on any atom is -0.485 e. The van der Waals surface area contributed by atoms with Gasteiger partial charge in [-0.2, -0.15) is 5.26 Å². The summed E-state index contributed by atoms with van der Waals surface area (Å²) in [6, 6.07) is 7.72. The first-order valence-corrected chi connectivity index (χ1v) is 13.1. The van der Waals surface area contributed by atoms with Gasteiger partial charge in [0, 0.05) is 16.4 Å². The summed E-state index contributed by atoms with van der Waals surface area (Å²) in [6.45, 7) is 6.46. The second kappa shape index (κ2) is 11.1. The first-order chi connectivity index (χ1) is 16.5. The van der Waals surface area contributed by atoms with Crippen molar-refractivity contribution in [2.75, 3.05) is 11.1 Å². The maximum absolute atomic E-state index is 12.7. The van der Waals surface area contributed by atoms with Crippen LogP contribution in [0.1, 0.15) is 40.2 Å². The fourth-order valence-corrected chi connectivity index (χ4v) is 6.08. The molecule has 0 saturated carbocycles. The molecule has 0 atom stereocenters. The van der Waals surface area contributed by atoms with E-state index in [4.69, 9.17) is 16.3 Å². The summed E-state index contributed by atoms with van der Waals surface area (Å²) in [4.78, 5) is 13.9. The second-order valence-corrected chi connectivity index (χ2v) is 10.3. The molecule has 4 rings (SSSR count). The Morgan fingerprint density at radius 2 is 2.24 bits per heavy atom. The SMILES string of the molecule is C=CCn1c(COc2ccc(Cl)cc2C)nnc1SCC(=O)Nc1sc2c(c1C#N)CCCC2. The molecule has 176 valence electrons. The molecule has 0 fully saturated rings. The van der Waals surface area contributed by atoms with Crippen molar-refractivity contribution >= 4 is 45.6 Å². The fourth-order valence-electron chi connectivity index (χ4n) is 3.83. The molecule has 1 aliphatic rings. The summed E-state index contributed by atoms with van der Waals surface area (Å²) in [5, 5.41) is 22.9. The first kappa shape index (κ1) is 24.3. The Kier molecular flexibility index (Phi) is 7.93. The zero-order chi connectivity index (χ0) is 24.1. The predicted octanol–water partition coefficient (Wildman–Crippen LogP) is 5.55. The number of carbonyl (C=O) groups excluding carboxylic acids is 1. The number of nitriles is 1. The summed E-state index contributed by atoms with van der Waals surface area (Å²) in [5.74, 6) is 1.33. The van der Waals surface area contributed by atoms with Gasteiger partial charge in [-0.25, -0.2) is 0 Å². The maximum Gasteiger partial charge on any atom is 0.235 e. The number of hydrogen-bond donors (Lipinski definition) is 1. The monoisotopic (exact) mass is 513 g/mol. The van der Waals surface area contributed by atoms with Crippen LogP contribution in [0.2, 0.25) is 5.02 Å². The fraction of sp³-hybridized carbons (Fsp3) is 0.333. The van der Waals surface area contributed by atoms with Gasteiger partial charge in [0.25, 0.3) is 0 Å². The van der Waals surface area contributed by atoms with E-state index in [0.717, 1.165) is 42.6 Å². The Balaban J connectivity index is 1.40. The van der Waals surface area contributed by atoms with Gasteiger partial charge >= 0.3 is 0 Å². The number of ether oxygens (including phenoxy) is 1. The molecule has 0 bridgehead atoms. The Morgan fingerprint density at radius 1 is 1.41 bits per heavy atom. The Bertz CT molecular complexity index is 1260. The van der Waals surface area contributed by atoms with Crippen molar-refractivity contribution in [3.63, 3.8) is 0 Å². The molecule has 1 amide bonds. The number of thiophene rings is 1. The van der Waals surface area contributed by atoms with E-state index in [2.05, 4.69) is 28.2 Å². The summed E-state index contributed by atoms with van der Waals surface area (Å²) in [5.41, 5.74) is 2.65. The van der Waals surface area contributed by atoms with Crippen LogP contribution in [-0.4, -0.2) is 26.4 Å². The number of aromatic nitrogens is 3. The number of halogens is 1. The topological polar surface area (TPSA) is 92.8 Å². The third-order valence-electron chi connectivity index (χ3n) is 5.47. The van der Waals surface area contributed by atoms with Gasteiger partial charge in [0.05, 0.1) is 11.3 Å². The number of nitrogens with one attached hydrogen (secondary N) is 1. The number of allylic oxidation sites excluding steroid dienone is 1. The van der Waals surface area contributed by atoms with Crippen molar-refractivity contribution in [3.8, 4) is 11.8 Å². The molecule has 0 spiro atoms. The van der Waals surface area contributed by atoms with E-state index in [0.29, 0.717) is 33.1 Å². The number of nitrogens with zero attached hydrogens (tertiary/aromatic N) is 4. The van der Waals surface area contributed by atoms with Crippen molar-refractivity contribution < 1.29 is 9.53 Å². The third-order valence-corrected chi connectivity index (χ3v) is 7.88. The van der Waals surface area contributed by atoms with Gasteiger partial charge in [-0.1, -0.05) is 29.4 Å². The molecule has 7 nitrogen and oxygen atoms in total. The smallest absolute Gasteiger partial charge is 0.235 e. The van der Waals surface area contributed by atoms with E-state index < -0.39 is 0 Å². The van der Waals surface area contributed by atoms with Crippen molar-refractivity contribution in [2.45, 2.75) is 50.9 Å². The standard InChI is InChI=1S/C24H24ClN5O2S2/c1-3-10-30-21(13-32-19-9-8-16(25)11-15(19)2)28-29-24(30)33-14-22(31)27-23-18(12-26)17-6-4-5-7-20(17)34-23/h3,8-9,11H,1,4-7,10,13-14H2,2H3,(H,27,31). The Morgan fingerprint density at radius 3 is 3.00 bits per heavy atom. The van der Waals surface area contributed by atoms with Crippen LogP contribution in [0.15, 0.2) is 36.0 Å². The molecule has 3 aromatic rings. The predicted molar refractivity (Wildman–Crippen MR) is 136 cm³/mol. The van der Waals surface area contributed by atoms with E-state index in [9.17, 15) is 10.1 Å². The van der Waals surface area contributed by atoms with Crippen LogP contribution in [0.25, 0.3) is 0 Å². The zero-order valence-electron chi connectivity index (χ0n) is 18.8. The number of fused-ring (bicyclic) bond motifs is 1. The highest BCUT2D eigenvalue weighted by Gasteiger charge is 2.22. The summed E-state index contributed by atoms with van der Waals surface area (Å²) >= 11 is 8.83. The van der Waals surface area contributed by atoms with E-state index in [1.165, 1.54) is 28.0 Å². The van der Waals surface area contributed by atoms with Gasteiger partial charge in [-0.15, -0.1) is 28.1 Å². The Hall–Kier alpha value is -2.80. The van der Waals surface area contributed by atoms with Crippen LogP contribution >= 0.6 is 34.7 Å². The lowest BCUT2D eigenvalue weighted by Gasteiger charge is -2.11. The highest BCUT2D eigenvalue weighted by molar-refractivity contribution is 7.99. The summed E-state index contributed by atoms with van der Waals surface area (Å²) in [7, 11) is 0. The lowest BCUT2D eigenvalue weighted by atomic mass is 9.96. The van der Waals surface area contributed by atoms with Crippen LogP contribution in [0.3, 0.4) is 0 Å². The number of carbonyl (C=O) groups is 1. The van der Waals surface area contributed by atoms with Crippen LogP contribution in [0.5, 0.6) is 5.75 Å². The molecule has 1 aromatic carbocycles. The van der Waals surface area contributed by atoms with Gasteiger partial charge < -0.3 is 10.1 Å². The minimum absolute atomic E-state index is 0.153. The molecule has 2 heterocycles. The van der Waals surface area contributed by atoms with E-state index in [1.807, 2.05) is 23.6 Å². The highest BCUT2D eigenvalue weighted by Crippen LogP contribution is 2.37. The zero-order valence-corrected chi connectivity index (χ0v) is 21.2. The number of aryl methyl sites for hydroxylation is 2. The molecule has 10 heteroatoms. The summed E-state index contributed by atoms with van der Waals surface area (Å²) in [6.07, 6.45) is 5.85. The molecule has 0 unspecified atom stereocenters. The molecule has 0 aliphatic heterocycles. The number of benzene rings is 1. The average molecular weight is 514 g/mol. The number of thioether (sulfide) groups is 1. The number of rotatable bonds is 9. The molecule has 34 heavy (non-hydrogen) atoms. The molecular formula is C24H24ClN5O2S2. The lowest BCUT2D eigenvalue weighted by Crippen LogP contribution is -2.15. The van der Waals surface area contributed by atoms with Crippen molar-refractivity contribution in [3.05, 3.63) is 63.3 Å². The molecule has 1 N–H and O–H groups in total. The molecule has 1 aliphatic carbocycles. The highest BCUT2D eigenvalue weighted by atomic mass is 35.5. The van der Waals surface area contributed by atoms with Gasteiger partial charge in [-0.05, 0) is 61.9 Å². The van der Waals surface area contributed by atoms with Gasteiger partial charge in [0.2, 0.25) is 5.91 Å². The van der Waals surface area contributed by atoms with E-state index >= 15 is 0 Å². The second-order valence-electron chi connectivity index (χ2n) is 7.86. The third kappa shape index (κ3) is 5.46. The van der Waals surface area contributed by atoms with Crippen molar-refractivity contribution in [2.24, 2.45) is 0 Å². The van der Waals surface area contributed by atoms with E-state index in [1.54, 1.807) is 12.1 Å². The van der Waals surface area contributed by atoms with Gasteiger partial charge in [0.15, 0.2) is 11.0 Å². The maximum atomic E-state index is 12.7. The normalized spacial score (nSPS) is 12.6. The molecule has 0 saturated heterocycles. The molecular weight excluding hydrogens is 490 g/mol. The van der Waals surface area contributed by atoms with Crippen LogP contribution < -0.4 is 10.1 Å². The van der Waals surface area contributed by atoms with Crippen molar-refractivity contribution in [1.82, 2.24) is 14.8 Å².